The molecule has 0 bridgehead atoms. The molecular weight excluding hydrogens is 407 g/mol. The molecule has 10 heteroatoms. The normalized spacial score (nSPS) is 10.4. The molecule has 8 nitrogen and oxygen atoms in total. The Morgan fingerprint density at radius 3 is 1.43 bits per heavy atom. The van der Waals surface area contributed by atoms with Crippen LogP contribution in [-0.2, 0) is 0 Å². The number of rotatable bonds is 6. The summed E-state index contributed by atoms with van der Waals surface area (Å²) < 4.78 is 0. The van der Waals surface area contributed by atoms with Gasteiger partial charge in [-0.05, 0) is 23.3 Å². The van der Waals surface area contributed by atoms with Gasteiger partial charge in [-0.3, -0.25) is 20.2 Å². The van der Waals surface area contributed by atoms with E-state index in [1.165, 1.54) is 24.3 Å². The van der Waals surface area contributed by atoms with E-state index >= 15 is 0 Å². The van der Waals surface area contributed by atoms with Gasteiger partial charge in [0.05, 0.1) is 9.85 Å². The van der Waals surface area contributed by atoms with Crippen molar-refractivity contribution >= 4 is 40.1 Å². The number of hydrogen-bond donors (Lipinski definition) is 0. The van der Waals surface area contributed by atoms with E-state index < -0.39 is 9.85 Å². The standard InChI is InChI=1S/C18H18Cl2N4O4/c1-21(2)18(22(3)4)17(11-5-7-13(19)15(9-11)23(25)26)12-6-8-14(20)16(10-12)24(27)28/h5-10H,1-4H3. The Balaban J connectivity index is 2.90. The fourth-order valence-corrected chi connectivity index (χ4v) is 3.26. The number of nitrogens with zero attached hydrogens (tertiary/aromatic N) is 4. The number of hydrogen-bond acceptors (Lipinski definition) is 6. The number of benzene rings is 2. The fraction of sp³-hybridized carbons (Fsp3) is 0.222. The average Bonchev–Trinajstić information content (AvgIpc) is 2.59. The van der Waals surface area contributed by atoms with E-state index in [0.717, 1.165) is 0 Å². The van der Waals surface area contributed by atoms with Crippen LogP contribution in [0.25, 0.3) is 5.57 Å². The first-order valence-corrected chi connectivity index (χ1v) is 8.77. The summed E-state index contributed by atoms with van der Waals surface area (Å²) in [5, 5.41) is 22.7. The lowest BCUT2D eigenvalue weighted by atomic mass is 9.96. The molecule has 0 aliphatic carbocycles. The Morgan fingerprint density at radius 2 is 1.14 bits per heavy atom. The largest absolute Gasteiger partial charge is 0.364 e. The number of nitro benzene ring substituents is 2. The van der Waals surface area contributed by atoms with Crippen LogP contribution in [0.5, 0.6) is 0 Å². The summed E-state index contributed by atoms with van der Waals surface area (Å²) in [5.74, 6) is 0.688. The molecule has 0 fully saturated rings. The van der Waals surface area contributed by atoms with E-state index in [4.69, 9.17) is 23.2 Å². The molecule has 0 saturated carbocycles. The first-order chi connectivity index (χ1) is 13.0. The van der Waals surface area contributed by atoms with Crippen molar-refractivity contribution in [2.45, 2.75) is 0 Å². The molecule has 2 aromatic rings. The summed E-state index contributed by atoms with van der Waals surface area (Å²) in [6.07, 6.45) is 0. The predicted octanol–water partition coefficient (Wildman–Crippen LogP) is 4.65. The number of halogens is 2. The van der Waals surface area contributed by atoms with Crippen LogP contribution in [0.3, 0.4) is 0 Å². The van der Waals surface area contributed by atoms with Crippen molar-refractivity contribution < 1.29 is 9.85 Å². The lowest BCUT2D eigenvalue weighted by Gasteiger charge is -2.28. The minimum absolute atomic E-state index is 0.00597. The molecule has 0 aliphatic rings. The molecule has 2 rings (SSSR count). The van der Waals surface area contributed by atoms with E-state index in [1.807, 2.05) is 38.0 Å². The van der Waals surface area contributed by atoms with Crippen LogP contribution in [-0.4, -0.2) is 47.8 Å². The first-order valence-electron chi connectivity index (χ1n) is 8.02. The third-order valence-electron chi connectivity index (χ3n) is 3.93. The molecule has 0 atom stereocenters. The molecule has 148 valence electrons. The lowest BCUT2D eigenvalue weighted by Crippen LogP contribution is -2.26. The molecule has 0 saturated heterocycles. The van der Waals surface area contributed by atoms with Crippen LogP contribution in [0.2, 0.25) is 10.0 Å². The average molecular weight is 425 g/mol. The summed E-state index contributed by atoms with van der Waals surface area (Å²) in [6.45, 7) is 0. The molecule has 0 unspecified atom stereocenters. The van der Waals surface area contributed by atoms with Crippen LogP contribution >= 0.6 is 23.2 Å². The third kappa shape index (κ3) is 4.35. The SMILES string of the molecule is CN(C)C(=C(c1ccc(Cl)c([N+](=O)[O-])c1)c1ccc(Cl)c([N+](=O)[O-])c1)N(C)C. The van der Waals surface area contributed by atoms with Gasteiger partial charge in [-0.25, -0.2) is 0 Å². The summed E-state index contributed by atoms with van der Waals surface area (Å²) in [4.78, 5) is 25.2. The quantitative estimate of drug-likeness (QED) is 0.494. The molecule has 0 heterocycles. The van der Waals surface area contributed by atoms with E-state index in [0.29, 0.717) is 22.5 Å². The van der Waals surface area contributed by atoms with Gasteiger partial charge in [0, 0.05) is 45.9 Å². The van der Waals surface area contributed by atoms with E-state index in [1.54, 1.807) is 12.1 Å². The second-order valence-corrected chi connectivity index (χ2v) is 7.15. The van der Waals surface area contributed by atoms with Crippen molar-refractivity contribution in [2.75, 3.05) is 28.2 Å². The lowest BCUT2D eigenvalue weighted by molar-refractivity contribution is -0.384. The molecule has 0 radical (unpaired) electrons. The monoisotopic (exact) mass is 424 g/mol. The van der Waals surface area contributed by atoms with Gasteiger partial charge in [-0.2, -0.15) is 0 Å². The Bertz CT molecular complexity index is 899. The Labute approximate surface area is 171 Å². The molecule has 0 N–H and O–H groups in total. The maximum absolute atomic E-state index is 11.3. The highest BCUT2D eigenvalue weighted by Crippen LogP contribution is 2.36. The zero-order chi connectivity index (χ0) is 21.2. The molecule has 0 spiro atoms. The van der Waals surface area contributed by atoms with Gasteiger partial charge in [0.1, 0.15) is 15.9 Å². The minimum atomic E-state index is -0.571. The van der Waals surface area contributed by atoms with Gasteiger partial charge >= 0.3 is 0 Å². The summed E-state index contributed by atoms with van der Waals surface area (Å²) in [5.41, 5.74) is 1.04. The molecule has 2 aromatic carbocycles. The molecule has 0 aliphatic heterocycles. The summed E-state index contributed by atoms with van der Waals surface area (Å²) >= 11 is 11.9. The van der Waals surface area contributed by atoms with Crippen molar-refractivity contribution in [3.05, 3.63) is 83.6 Å². The smallest absolute Gasteiger partial charge is 0.288 e. The van der Waals surface area contributed by atoms with Gasteiger partial charge < -0.3 is 9.80 Å². The van der Waals surface area contributed by atoms with Crippen molar-refractivity contribution in [1.82, 2.24) is 9.80 Å². The molecule has 0 aromatic heterocycles. The first kappa shape index (κ1) is 21.5. The highest BCUT2D eigenvalue weighted by Gasteiger charge is 2.23. The van der Waals surface area contributed by atoms with Crippen molar-refractivity contribution in [3.63, 3.8) is 0 Å². The minimum Gasteiger partial charge on any atom is -0.364 e. The van der Waals surface area contributed by atoms with Crippen LogP contribution in [0.15, 0.2) is 42.2 Å². The van der Waals surface area contributed by atoms with E-state index in [2.05, 4.69) is 0 Å². The van der Waals surface area contributed by atoms with Crippen LogP contribution in [0.1, 0.15) is 11.1 Å². The van der Waals surface area contributed by atoms with Crippen LogP contribution in [0.4, 0.5) is 11.4 Å². The highest BCUT2D eigenvalue weighted by molar-refractivity contribution is 6.33. The summed E-state index contributed by atoms with van der Waals surface area (Å²) in [6, 6.07) is 8.84. The van der Waals surface area contributed by atoms with Gasteiger partial charge in [-0.15, -0.1) is 0 Å². The van der Waals surface area contributed by atoms with Crippen molar-refractivity contribution in [3.8, 4) is 0 Å². The molecule has 28 heavy (non-hydrogen) atoms. The molecular formula is C18H18Cl2N4O4. The predicted molar refractivity (Wildman–Crippen MR) is 110 cm³/mol. The van der Waals surface area contributed by atoms with Gasteiger partial charge in [0.25, 0.3) is 11.4 Å². The maximum Gasteiger partial charge on any atom is 0.288 e. The highest BCUT2D eigenvalue weighted by atomic mass is 35.5. The van der Waals surface area contributed by atoms with E-state index in [-0.39, 0.29) is 21.4 Å². The van der Waals surface area contributed by atoms with Crippen molar-refractivity contribution in [2.24, 2.45) is 0 Å². The third-order valence-corrected chi connectivity index (χ3v) is 4.57. The Morgan fingerprint density at radius 1 is 0.786 bits per heavy atom. The van der Waals surface area contributed by atoms with Crippen LogP contribution < -0.4 is 0 Å². The summed E-state index contributed by atoms with van der Waals surface area (Å²) in [7, 11) is 7.24. The Kier molecular flexibility index (Phi) is 6.48. The topological polar surface area (TPSA) is 92.8 Å². The Hall–Kier alpha value is -2.84. The zero-order valence-corrected chi connectivity index (χ0v) is 17.2. The fourth-order valence-electron chi connectivity index (χ4n) is 2.89. The van der Waals surface area contributed by atoms with Crippen LogP contribution in [0, 0.1) is 20.2 Å². The maximum atomic E-state index is 11.3. The van der Waals surface area contributed by atoms with Gasteiger partial charge in [-0.1, -0.05) is 35.3 Å². The molecule has 0 amide bonds. The van der Waals surface area contributed by atoms with Gasteiger partial charge in [0.2, 0.25) is 0 Å². The zero-order valence-electron chi connectivity index (χ0n) is 15.6. The van der Waals surface area contributed by atoms with E-state index in [9.17, 15) is 20.2 Å². The van der Waals surface area contributed by atoms with Gasteiger partial charge in [0.15, 0.2) is 0 Å². The second kappa shape index (κ2) is 8.45. The number of nitro groups is 2. The second-order valence-electron chi connectivity index (χ2n) is 6.33. The van der Waals surface area contributed by atoms with Crippen molar-refractivity contribution in [1.29, 1.82) is 0 Å².